The van der Waals surface area contributed by atoms with Gasteiger partial charge in [0.15, 0.2) is 0 Å². The first-order chi connectivity index (χ1) is 11.0. The molecular formula is C16H12Cl2FNO3. The summed E-state index contributed by atoms with van der Waals surface area (Å²) in [5.41, 5.74) is 0.166. The van der Waals surface area contributed by atoms with Gasteiger partial charge in [0, 0.05) is 22.7 Å². The summed E-state index contributed by atoms with van der Waals surface area (Å²) in [7, 11) is 0. The summed E-state index contributed by atoms with van der Waals surface area (Å²) in [5.74, 6) is -0.840. The summed E-state index contributed by atoms with van der Waals surface area (Å²) >= 11 is 11.8. The van der Waals surface area contributed by atoms with E-state index in [4.69, 9.17) is 23.2 Å². The van der Waals surface area contributed by atoms with Gasteiger partial charge < -0.3 is 9.90 Å². The highest BCUT2D eigenvalue weighted by Crippen LogP contribution is 2.37. The summed E-state index contributed by atoms with van der Waals surface area (Å²) in [5, 5.41) is 9.35. The quantitative estimate of drug-likeness (QED) is 0.609. The number of amides is 1. The van der Waals surface area contributed by atoms with Crippen molar-refractivity contribution in [3.8, 4) is 0 Å². The molecule has 0 aliphatic carbocycles. The summed E-state index contributed by atoms with van der Waals surface area (Å²) in [6.45, 7) is 0. The summed E-state index contributed by atoms with van der Waals surface area (Å²) in [4.78, 5) is 23.6. The van der Waals surface area contributed by atoms with Crippen molar-refractivity contribution in [3.05, 3.63) is 63.9 Å². The van der Waals surface area contributed by atoms with Crippen LogP contribution in [0.1, 0.15) is 18.0 Å². The molecule has 0 spiro atoms. The number of carbonyl (C=O) groups is 2. The molecule has 120 valence electrons. The third-order valence-corrected chi connectivity index (χ3v) is 3.91. The average Bonchev–Trinajstić information content (AvgIpc) is 2.52. The number of aldehydes is 1. The van der Waals surface area contributed by atoms with Crippen molar-refractivity contribution in [2.45, 2.75) is 12.5 Å². The molecule has 4 nitrogen and oxygen atoms in total. The van der Waals surface area contributed by atoms with Crippen molar-refractivity contribution in [1.29, 1.82) is 0 Å². The molecule has 1 amide bonds. The number of halogens is 3. The van der Waals surface area contributed by atoms with Gasteiger partial charge in [0.05, 0.1) is 11.1 Å². The van der Waals surface area contributed by atoms with E-state index in [1.165, 1.54) is 12.1 Å². The number of benzene rings is 2. The Hall–Kier alpha value is -2.11. The smallest absolute Gasteiger partial charge is 0.412 e. The fourth-order valence-corrected chi connectivity index (χ4v) is 2.74. The second-order valence-electron chi connectivity index (χ2n) is 4.66. The third-order valence-electron chi connectivity index (χ3n) is 3.28. The number of anilines is 1. The van der Waals surface area contributed by atoms with Gasteiger partial charge in [-0.2, -0.15) is 0 Å². The lowest BCUT2D eigenvalue weighted by molar-refractivity contribution is -0.108. The molecule has 0 saturated carbocycles. The van der Waals surface area contributed by atoms with E-state index >= 15 is 0 Å². The largest absolute Gasteiger partial charge is 0.465 e. The number of hydrogen-bond donors (Lipinski definition) is 1. The first-order valence-corrected chi connectivity index (χ1v) is 7.37. The second-order valence-corrected chi connectivity index (χ2v) is 5.48. The van der Waals surface area contributed by atoms with Crippen LogP contribution in [0.2, 0.25) is 10.0 Å². The van der Waals surface area contributed by atoms with Crippen LogP contribution in [0.3, 0.4) is 0 Å². The van der Waals surface area contributed by atoms with Gasteiger partial charge in [-0.1, -0.05) is 41.4 Å². The Morgan fingerprint density at radius 3 is 2.35 bits per heavy atom. The molecule has 0 saturated heterocycles. The molecule has 7 heteroatoms. The molecule has 23 heavy (non-hydrogen) atoms. The van der Waals surface area contributed by atoms with Crippen LogP contribution in [0.5, 0.6) is 0 Å². The van der Waals surface area contributed by atoms with E-state index in [1.54, 1.807) is 30.3 Å². The van der Waals surface area contributed by atoms with Gasteiger partial charge in [0.2, 0.25) is 0 Å². The lowest BCUT2D eigenvalue weighted by Gasteiger charge is -2.29. The highest BCUT2D eigenvalue weighted by atomic mass is 35.5. The van der Waals surface area contributed by atoms with E-state index in [-0.39, 0.29) is 22.0 Å². The van der Waals surface area contributed by atoms with Crippen molar-refractivity contribution < 1.29 is 19.1 Å². The van der Waals surface area contributed by atoms with E-state index < -0.39 is 18.0 Å². The zero-order valence-electron chi connectivity index (χ0n) is 11.7. The Morgan fingerprint density at radius 1 is 1.17 bits per heavy atom. The molecule has 0 heterocycles. The molecule has 0 aliphatic rings. The van der Waals surface area contributed by atoms with Crippen molar-refractivity contribution in [1.82, 2.24) is 0 Å². The molecule has 0 fully saturated rings. The van der Waals surface area contributed by atoms with Crippen molar-refractivity contribution >= 4 is 41.3 Å². The molecule has 2 rings (SSSR count). The van der Waals surface area contributed by atoms with Crippen molar-refractivity contribution in [2.24, 2.45) is 0 Å². The molecule has 0 aromatic heterocycles. The number of carbonyl (C=O) groups excluding carboxylic acids is 1. The Bertz CT molecular complexity index is 725. The lowest BCUT2D eigenvalue weighted by atomic mass is 10.0. The van der Waals surface area contributed by atoms with E-state index in [1.807, 2.05) is 0 Å². The predicted molar refractivity (Wildman–Crippen MR) is 86.8 cm³/mol. The fourth-order valence-electron chi connectivity index (χ4n) is 2.30. The topological polar surface area (TPSA) is 57.6 Å². The third kappa shape index (κ3) is 3.63. The summed E-state index contributed by atoms with van der Waals surface area (Å²) in [6.07, 6.45) is -1.09. The molecule has 2 aromatic rings. The van der Waals surface area contributed by atoms with Crippen LogP contribution < -0.4 is 4.90 Å². The molecule has 0 aliphatic heterocycles. The maximum absolute atomic E-state index is 14.4. The minimum absolute atomic E-state index is 0.000862. The number of para-hydroxylation sites is 1. The predicted octanol–water partition coefficient (Wildman–Crippen LogP) is 4.95. The molecule has 1 atom stereocenters. The van der Waals surface area contributed by atoms with Crippen LogP contribution in [0.15, 0.2) is 42.5 Å². The van der Waals surface area contributed by atoms with Gasteiger partial charge in [-0.05, 0) is 24.3 Å². The highest BCUT2D eigenvalue weighted by Gasteiger charge is 2.31. The standard InChI is InChI=1S/C16H12Cl2FNO3/c17-11-6-7-12(18)15(19)14(11)13(8-9-21)20(16(22)23)10-4-2-1-3-5-10/h1-7,9,13H,8H2,(H,22,23)/t13-/m0/s1. The number of nitrogens with zero attached hydrogens (tertiary/aromatic N) is 1. The van der Waals surface area contributed by atoms with Crippen molar-refractivity contribution in [2.75, 3.05) is 4.90 Å². The SMILES string of the molecule is O=CC[C@@H](c1c(Cl)ccc(Cl)c1F)N(C(=O)O)c1ccccc1. The zero-order valence-corrected chi connectivity index (χ0v) is 13.3. The zero-order chi connectivity index (χ0) is 17.0. The van der Waals surface area contributed by atoms with Gasteiger partial charge in [-0.3, -0.25) is 4.90 Å². The van der Waals surface area contributed by atoms with Gasteiger partial charge in [0.1, 0.15) is 12.1 Å². The van der Waals surface area contributed by atoms with Crippen LogP contribution in [0.25, 0.3) is 0 Å². The van der Waals surface area contributed by atoms with E-state index in [9.17, 15) is 19.1 Å². The molecular weight excluding hydrogens is 344 g/mol. The number of carboxylic acid groups (broad SMARTS) is 1. The molecule has 0 radical (unpaired) electrons. The minimum Gasteiger partial charge on any atom is -0.465 e. The van der Waals surface area contributed by atoms with Crippen LogP contribution in [0, 0.1) is 5.82 Å². The monoisotopic (exact) mass is 355 g/mol. The Kier molecular flexibility index (Phi) is 5.58. The maximum Gasteiger partial charge on any atom is 0.412 e. The van der Waals surface area contributed by atoms with Gasteiger partial charge >= 0.3 is 6.09 Å². The van der Waals surface area contributed by atoms with Crippen LogP contribution >= 0.6 is 23.2 Å². The van der Waals surface area contributed by atoms with Gasteiger partial charge in [-0.15, -0.1) is 0 Å². The normalized spacial score (nSPS) is 11.8. The Labute approximate surface area is 142 Å². The van der Waals surface area contributed by atoms with E-state index in [2.05, 4.69) is 0 Å². The van der Waals surface area contributed by atoms with E-state index in [0.717, 1.165) is 4.90 Å². The van der Waals surface area contributed by atoms with Crippen LogP contribution in [-0.2, 0) is 4.79 Å². The number of rotatable bonds is 5. The van der Waals surface area contributed by atoms with Crippen LogP contribution in [0.4, 0.5) is 14.9 Å². The molecule has 2 aromatic carbocycles. The summed E-state index contributed by atoms with van der Waals surface area (Å²) in [6, 6.07) is 9.59. The first-order valence-electron chi connectivity index (χ1n) is 6.61. The fraction of sp³-hybridized carbons (Fsp3) is 0.125. The molecule has 1 N–H and O–H groups in total. The highest BCUT2D eigenvalue weighted by molar-refractivity contribution is 6.33. The van der Waals surface area contributed by atoms with Crippen molar-refractivity contribution in [3.63, 3.8) is 0 Å². The second kappa shape index (κ2) is 7.44. The Morgan fingerprint density at radius 2 is 1.78 bits per heavy atom. The molecule has 0 unspecified atom stereocenters. The van der Waals surface area contributed by atoms with Crippen LogP contribution in [-0.4, -0.2) is 17.5 Å². The first kappa shape index (κ1) is 17.2. The van der Waals surface area contributed by atoms with Gasteiger partial charge in [0.25, 0.3) is 0 Å². The number of hydrogen-bond acceptors (Lipinski definition) is 2. The minimum atomic E-state index is -1.33. The maximum atomic E-state index is 14.4. The lowest BCUT2D eigenvalue weighted by Crippen LogP contribution is -2.34. The summed E-state index contributed by atoms with van der Waals surface area (Å²) < 4.78 is 14.4. The van der Waals surface area contributed by atoms with Gasteiger partial charge in [-0.25, -0.2) is 9.18 Å². The average molecular weight is 356 g/mol. The molecule has 0 bridgehead atoms. The van der Waals surface area contributed by atoms with E-state index in [0.29, 0.717) is 12.0 Å². The Balaban J connectivity index is 2.63.